The van der Waals surface area contributed by atoms with Crippen molar-refractivity contribution in [3.63, 3.8) is 0 Å². The maximum atomic E-state index is 13.1. The quantitative estimate of drug-likeness (QED) is 0.491. The number of carbonyl (C=O) groups excluding carboxylic acids is 2. The summed E-state index contributed by atoms with van der Waals surface area (Å²) in [5.41, 5.74) is 3.27. The van der Waals surface area contributed by atoms with Gasteiger partial charge >= 0.3 is 6.03 Å². The van der Waals surface area contributed by atoms with E-state index in [0.29, 0.717) is 23.5 Å². The Labute approximate surface area is 193 Å². The standard InChI is InChI=1S/C25H29N5O3/c1-15-20(23(32)26-4)29-30(16-10-6-5-7-11-16)22(15)28-24(33)27-21-17-12-8-9-13-18(17)25(2,3)14-19(21)31/h5-13,19,21,31H,14H2,1-4H3,(H,26,32)(H2,27,28,33)/t19-,21-/m1/s1. The van der Waals surface area contributed by atoms with E-state index in [0.717, 1.165) is 11.1 Å². The number of hydrogen-bond acceptors (Lipinski definition) is 4. The number of fused-ring (bicyclic) bond motifs is 1. The second kappa shape index (κ2) is 8.71. The zero-order valence-corrected chi connectivity index (χ0v) is 19.2. The molecule has 4 N–H and O–H groups in total. The summed E-state index contributed by atoms with van der Waals surface area (Å²) in [5, 5.41) is 23.6. The highest BCUT2D eigenvalue weighted by Gasteiger charge is 2.39. The van der Waals surface area contributed by atoms with Crippen molar-refractivity contribution >= 4 is 17.8 Å². The van der Waals surface area contributed by atoms with E-state index in [4.69, 9.17) is 0 Å². The van der Waals surface area contributed by atoms with Gasteiger partial charge in [-0.05, 0) is 42.0 Å². The average molecular weight is 448 g/mol. The second-order valence-electron chi connectivity index (χ2n) is 8.97. The van der Waals surface area contributed by atoms with Gasteiger partial charge in [-0.25, -0.2) is 9.48 Å². The lowest BCUT2D eigenvalue weighted by Crippen LogP contribution is -2.45. The van der Waals surface area contributed by atoms with Gasteiger partial charge < -0.3 is 15.7 Å². The van der Waals surface area contributed by atoms with Crippen molar-refractivity contribution < 1.29 is 14.7 Å². The van der Waals surface area contributed by atoms with Gasteiger partial charge in [0, 0.05) is 12.6 Å². The first-order valence-electron chi connectivity index (χ1n) is 10.9. The smallest absolute Gasteiger partial charge is 0.320 e. The molecule has 0 saturated heterocycles. The molecule has 0 fully saturated rings. The Bertz CT molecular complexity index is 1190. The first kappa shape index (κ1) is 22.5. The minimum Gasteiger partial charge on any atom is -0.391 e. The van der Waals surface area contributed by atoms with E-state index >= 15 is 0 Å². The van der Waals surface area contributed by atoms with Crippen LogP contribution in [0.15, 0.2) is 54.6 Å². The normalized spacial score (nSPS) is 18.8. The number of benzene rings is 2. The van der Waals surface area contributed by atoms with Crippen molar-refractivity contribution in [3.8, 4) is 5.69 Å². The second-order valence-corrected chi connectivity index (χ2v) is 8.97. The Hall–Kier alpha value is -3.65. The van der Waals surface area contributed by atoms with E-state index in [1.54, 1.807) is 6.92 Å². The molecule has 0 spiro atoms. The summed E-state index contributed by atoms with van der Waals surface area (Å²) < 4.78 is 1.54. The lowest BCUT2D eigenvalue weighted by Gasteiger charge is -2.40. The molecule has 0 aliphatic heterocycles. The van der Waals surface area contributed by atoms with Crippen molar-refractivity contribution in [2.75, 3.05) is 12.4 Å². The highest BCUT2D eigenvalue weighted by Crippen LogP contribution is 2.41. The minimum atomic E-state index is -0.734. The monoisotopic (exact) mass is 447 g/mol. The number of aliphatic hydroxyl groups excluding tert-OH is 1. The van der Waals surface area contributed by atoms with Gasteiger partial charge in [-0.1, -0.05) is 56.3 Å². The van der Waals surface area contributed by atoms with E-state index < -0.39 is 18.2 Å². The SMILES string of the molecule is CNC(=O)c1nn(-c2ccccc2)c(NC(=O)N[C@@H]2c3ccccc3C(C)(C)C[C@H]2O)c1C. The molecule has 8 heteroatoms. The molecule has 3 amide bonds. The molecule has 0 unspecified atom stereocenters. The Kier molecular flexibility index (Phi) is 5.95. The number of urea groups is 1. The number of aliphatic hydroxyl groups is 1. The maximum absolute atomic E-state index is 13.1. The molecule has 3 aromatic rings. The summed E-state index contributed by atoms with van der Waals surface area (Å²) in [4.78, 5) is 25.4. The third-order valence-corrected chi connectivity index (χ3v) is 6.21. The van der Waals surface area contributed by atoms with Crippen LogP contribution in [0.4, 0.5) is 10.6 Å². The van der Waals surface area contributed by atoms with Crippen molar-refractivity contribution in [2.45, 2.75) is 44.8 Å². The van der Waals surface area contributed by atoms with E-state index in [1.165, 1.54) is 11.7 Å². The van der Waals surface area contributed by atoms with Gasteiger partial charge in [-0.3, -0.25) is 10.1 Å². The van der Waals surface area contributed by atoms with E-state index in [9.17, 15) is 14.7 Å². The fraction of sp³-hybridized carbons (Fsp3) is 0.320. The summed E-state index contributed by atoms with van der Waals surface area (Å²) in [5.74, 6) is 0.0423. The predicted octanol–water partition coefficient (Wildman–Crippen LogP) is 3.45. The number of anilines is 1. The molecule has 33 heavy (non-hydrogen) atoms. The Morgan fingerprint density at radius 1 is 1.09 bits per heavy atom. The van der Waals surface area contributed by atoms with Crippen molar-refractivity contribution in [2.24, 2.45) is 0 Å². The molecule has 8 nitrogen and oxygen atoms in total. The topological polar surface area (TPSA) is 108 Å². The third kappa shape index (κ3) is 4.21. The van der Waals surface area contributed by atoms with Gasteiger partial charge in [0.2, 0.25) is 0 Å². The summed E-state index contributed by atoms with van der Waals surface area (Å²) in [6, 6.07) is 16.1. The summed E-state index contributed by atoms with van der Waals surface area (Å²) in [7, 11) is 1.53. The van der Waals surface area contributed by atoms with Gasteiger partial charge in [0.25, 0.3) is 5.91 Å². The molecule has 0 saturated carbocycles. The van der Waals surface area contributed by atoms with Crippen LogP contribution in [0.25, 0.3) is 5.69 Å². The van der Waals surface area contributed by atoms with Crippen molar-refractivity contribution in [1.82, 2.24) is 20.4 Å². The van der Waals surface area contributed by atoms with Crippen LogP contribution in [0.1, 0.15) is 53.5 Å². The molecular formula is C25H29N5O3. The molecule has 1 aliphatic rings. The van der Waals surface area contributed by atoms with Gasteiger partial charge in [-0.15, -0.1) is 0 Å². The van der Waals surface area contributed by atoms with Gasteiger partial charge in [0.15, 0.2) is 5.69 Å². The van der Waals surface area contributed by atoms with Crippen LogP contribution in [0.2, 0.25) is 0 Å². The van der Waals surface area contributed by atoms with Crippen molar-refractivity contribution in [3.05, 3.63) is 77.0 Å². The van der Waals surface area contributed by atoms with Crippen LogP contribution in [0.5, 0.6) is 0 Å². The number of rotatable bonds is 4. The minimum absolute atomic E-state index is 0.199. The number of amides is 3. The number of nitrogens with zero attached hydrogens (tertiary/aromatic N) is 2. The predicted molar refractivity (Wildman–Crippen MR) is 127 cm³/mol. The summed E-state index contributed by atoms with van der Waals surface area (Å²) in [6.07, 6.45) is -0.210. The largest absolute Gasteiger partial charge is 0.391 e. The number of nitrogens with one attached hydrogen (secondary N) is 3. The van der Waals surface area contributed by atoms with Crippen molar-refractivity contribution in [1.29, 1.82) is 0 Å². The van der Waals surface area contributed by atoms with Crippen LogP contribution in [0.3, 0.4) is 0 Å². The number of aromatic nitrogens is 2. The van der Waals surface area contributed by atoms with Gasteiger partial charge in [0.1, 0.15) is 5.82 Å². The molecule has 4 rings (SSSR count). The molecule has 0 radical (unpaired) electrons. The molecule has 1 heterocycles. The molecule has 1 aromatic heterocycles. The fourth-order valence-corrected chi connectivity index (χ4v) is 4.53. The first-order valence-corrected chi connectivity index (χ1v) is 10.9. The number of hydrogen-bond donors (Lipinski definition) is 4. The molecule has 172 valence electrons. The summed E-state index contributed by atoms with van der Waals surface area (Å²) in [6.45, 7) is 5.92. The molecule has 0 bridgehead atoms. The highest BCUT2D eigenvalue weighted by molar-refractivity contribution is 5.97. The zero-order chi connectivity index (χ0) is 23.8. The van der Waals surface area contributed by atoms with E-state index in [-0.39, 0.29) is 17.0 Å². The first-order chi connectivity index (χ1) is 15.7. The Balaban J connectivity index is 1.65. The molecular weight excluding hydrogens is 418 g/mol. The fourth-order valence-electron chi connectivity index (χ4n) is 4.53. The van der Waals surface area contributed by atoms with Gasteiger partial charge in [0.05, 0.1) is 17.8 Å². The molecule has 2 aromatic carbocycles. The average Bonchev–Trinajstić information content (AvgIpc) is 3.12. The van der Waals surface area contributed by atoms with Crippen LogP contribution < -0.4 is 16.0 Å². The Morgan fingerprint density at radius 2 is 1.76 bits per heavy atom. The van der Waals surface area contributed by atoms with Crippen LogP contribution >= 0.6 is 0 Å². The molecule has 1 aliphatic carbocycles. The Morgan fingerprint density at radius 3 is 2.45 bits per heavy atom. The third-order valence-electron chi connectivity index (χ3n) is 6.21. The number of carbonyl (C=O) groups is 2. The maximum Gasteiger partial charge on any atom is 0.320 e. The van der Waals surface area contributed by atoms with Gasteiger partial charge in [-0.2, -0.15) is 5.10 Å². The van der Waals surface area contributed by atoms with Crippen LogP contribution in [-0.4, -0.2) is 40.0 Å². The highest BCUT2D eigenvalue weighted by atomic mass is 16.3. The number of para-hydroxylation sites is 1. The summed E-state index contributed by atoms with van der Waals surface area (Å²) >= 11 is 0. The van der Waals surface area contributed by atoms with E-state index in [2.05, 4.69) is 34.9 Å². The van der Waals surface area contributed by atoms with E-state index in [1.807, 2.05) is 54.6 Å². The van der Waals surface area contributed by atoms with Crippen LogP contribution in [0, 0.1) is 6.92 Å². The lowest BCUT2D eigenvalue weighted by atomic mass is 9.70. The zero-order valence-electron chi connectivity index (χ0n) is 19.2. The van der Waals surface area contributed by atoms with Crippen LogP contribution in [-0.2, 0) is 5.41 Å². The molecule has 2 atom stereocenters. The lowest BCUT2D eigenvalue weighted by molar-refractivity contribution is 0.0883.